The van der Waals surface area contributed by atoms with Crippen molar-refractivity contribution in [2.45, 2.75) is 19.4 Å². The average Bonchev–Trinajstić information content (AvgIpc) is 3.12. The van der Waals surface area contributed by atoms with Crippen LogP contribution in [0.1, 0.15) is 18.4 Å². The van der Waals surface area contributed by atoms with Gasteiger partial charge in [0, 0.05) is 6.54 Å². The Bertz CT molecular complexity index is 682. The summed E-state index contributed by atoms with van der Waals surface area (Å²) in [5, 5.41) is 12.0. The first-order valence-corrected chi connectivity index (χ1v) is 6.23. The smallest absolute Gasteiger partial charge is 0.323 e. The van der Waals surface area contributed by atoms with Gasteiger partial charge in [-0.1, -0.05) is 6.07 Å². The van der Waals surface area contributed by atoms with Crippen molar-refractivity contribution < 1.29 is 9.90 Å². The number of carbonyl (C=O) groups is 1. The minimum atomic E-state index is -0.549. The third-order valence-electron chi connectivity index (χ3n) is 3.67. The Balaban J connectivity index is 1.71. The molecule has 1 amide bonds. The molecule has 1 aliphatic rings. The lowest BCUT2D eigenvalue weighted by Gasteiger charge is -2.12. The van der Waals surface area contributed by atoms with Crippen LogP contribution in [0.3, 0.4) is 0 Å². The van der Waals surface area contributed by atoms with E-state index in [0.717, 1.165) is 29.4 Å². The number of aromatic amines is 2. The number of aromatic nitrogens is 2. The molecule has 100 valence electrons. The molecule has 0 atom stereocenters. The molecule has 1 fully saturated rings. The number of fused-ring (bicyclic) bond motifs is 1. The molecule has 1 aromatic carbocycles. The predicted molar refractivity (Wildman–Crippen MR) is 69.5 cm³/mol. The van der Waals surface area contributed by atoms with Crippen LogP contribution in [0.2, 0.25) is 0 Å². The highest BCUT2D eigenvalue weighted by Crippen LogP contribution is 2.45. The fraction of sp³-hybridized carbons (Fsp3) is 0.385. The summed E-state index contributed by atoms with van der Waals surface area (Å²) in [6, 6.07) is 5.48. The molecule has 0 spiro atoms. The third-order valence-corrected chi connectivity index (χ3v) is 3.67. The molecule has 2 aromatic rings. The van der Waals surface area contributed by atoms with Crippen molar-refractivity contribution in [1.29, 1.82) is 0 Å². The Morgan fingerprint density at radius 1 is 1.32 bits per heavy atom. The van der Waals surface area contributed by atoms with E-state index in [9.17, 15) is 9.59 Å². The topological polar surface area (TPSA) is 98.0 Å². The van der Waals surface area contributed by atoms with Crippen LogP contribution in [0.4, 0.5) is 0 Å². The third kappa shape index (κ3) is 2.15. The van der Waals surface area contributed by atoms with Gasteiger partial charge in [-0.25, -0.2) is 4.79 Å². The minimum absolute atomic E-state index is 0.0942. The van der Waals surface area contributed by atoms with Crippen molar-refractivity contribution in [2.75, 3.05) is 6.61 Å². The van der Waals surface area contributed by atoms with E-state index in [2.05, 4.69) is 15.3 Å². The number of imidazole rings is 1. The van der Waals surface area contributed by atoms with E-state index in [-0.39, 0.29) is 18.2 Å². The minimum Gasteiger partial charge on any atom is -0.395 e. The van der Waals surface area contributed by atoms with Crippen molar-refractivity contribution in [2.24, 2.45) is 5.41 Å². The van der Waals surface area contributed by atoms with E-state index in [1.165, 1.54) is 0 Å². The first-order chi connectivity index (χ1) is 9.13. The van der Waals surface area contributed by atoms with Gasteiger partial charge in [0.25, 0.3) is 0 Å². The largest absolute Gasteiger partial charge is 0.395 e. The number of aliphatic hydroxyl groups excluding tert-OH is 1. The molecule has 0 aliphatic heterocycles. The highest BCUT2D eigenvalue weighted by molar-refractivity contribution is 5.85. The number of H-pyrrole nitrogens is 2. The zero-order valence-electron chi connectivity index (χ0n) is 10.3. The van der Waals surface area contributed by atoms with Gasteiger partial charge in [-0.2, -0.15) is 0 Å². The van der Waals surface area contributed by atoms with E-state index in [4.69, 9.17) is 5.11 Å². The summed E-state index contributed by atoms with van der Waals surface area (Å²) >= 11 is 0. The van der Waals surface area contributed by atoms with Gasteiger partial charge in [0.05, 0.1) is 23.1 Å². The van der Waals surface area contributed by atoms with Crippen LogP contribution in [0.5, 0.6) is 0 Å². The first kappa shape index (κ1) is 12.0. The van der Waals surface area contributed by atoms with Crippen LogP contribution >= 0.6 is 0 Å². The summed E-state index contributed by atoms with van der Waals surface area (Å²) < 4.78 is 0. The number of rotatable bonds is 4. The van der Waals surface area contributed by atoms with Crippen LogP contribution in [0.25, 0.3) is 11.0 Å². The molecule has 0 unspecified atom stereocenters. The normalized spacial score (nSPS) is 16.5. The fourth-order valence-corrected chi connectivity index (χ4v) is 2.17. The van der Waals surface area contributed by atoms with Gasteiger partial charge < -0.3 is 20.4 Å². The highest BCUT2D eigenvalue weighted by atomic mass is 16.3. The lowest BCUT2D eigenvalue weighted by molar-refractivity contribution is -0.127. The van der Waals surface area contributed by atoms with Gasteiger partial charge in [0.15, 0.2) is 0 Å². The maximum atomic E-state index is 11.9. The van der Waals surface area contributed by atoms with Crippen molar-refractivity contribution in [3.63, 3.8) is 0 Å². The standard InChI is InChI=1S/C13H15N3O3/c17-7-13(3-4-13)11(18)14-6-8-1-2-9-10(5-8)16-12(19)15-9/h1-2,5,17H,3-4,6-7H2,(H,14,18)(H2,15,16,19). The van der Waals surface area contributed by atoms with Gasteiger partial charge in [0.2, 0.25) is 5.91 Å². The number of carbonyl (C=O) groups excluding carboxylic acids is 1. The summed E-state index contributed by atoms with van der Waals surface area (Å²) in [6.45, 7) is 0.298. The quantitative estimate of drug-likeness (QED) is 0.634. The number of hydrogen-bond donors (Lipinski definition) is 4. The molecule has 1 aliphatic carbocycles. The summed E-state index contributed by atoms with van der Waals surface area (Å²) in [7, 11) is 0. The molecule has 1 aromatic heterocycles. The second kappa shape index (κ2) is 4.24. The number of benzene rings is 1. The average molecular weight is 261 g/mol. The number of nitrogens with one attached hydrogen (secondary N) is 3. The van der Waals surface area contributed by atoms with Crippen molar-refractivity contribution in [1.82, 2.24) is 15.3 Å². The van der Waals surface area contributed by atoms with Crippen LogP contribution < -0.4 is 11.0 Å². The predicted octanol–water partition coefficient (Wildman–Crippen LogP) is 0.245. The maximum absolute atomic E-state index is 11.9. The molecular weight excluding hydrogens is 246 g/mol. The Labute approximate surface area is 108 Å². The Kier molecular flexibility index (Phi) is 2.67. The molecule has 4 N–H and O–H groups in total. The highest BCUT2D eigenvalue weighted by Gasteiger charge is 2.49. The Morgan fingerprint density at radius 3 is 2.74 bits per heavy atom. The molecule has 3 rings (SSSR count). The van der Waals surface area contributed by atoms with Crippen LogP contribution in [0, 0.1) is 5.41 Å². The van der Waals surface area contributed by atoms with Crippen LogP contribution in [-0.2, 0) is 11.3 Å². The van der Waals surface area contributed by atoms with E-state index in [1.807, 2.05) is 12.1 Å². The zero-order chi connectivity index (χ0) is 13.5. The molecule has 0 bridgehead atoms. The van der Waals surface area contributed by atoms with Crippen LogP contribution in [-0.4, -0.2) is 27.6 Å². The first-order valence-electron chi connectivity index (χ1n) is 6.23. The second-order valence-electron chi connectivity index (χ2n) is 5.08. The number of hydrogen-bond acceptors (Lipinski definition) is 3. The van der Waals surface area contributed by atoms with E-state index >= 15 is 0 Å². The number of aliphatic hydroxyl groups is 1. The van der Waals surface area contributed by atoms with Crippen molar-refractivity contribution in [3.8, 4) is 0 Å². The number of amides is 1. The molecule has 6 nitrogen and oxygen atoms in total. The molecule has 1 saturated carbocycles. The van der Waals surface area contributed by atoms with Gasteiger partial charge in [0.1, 0.15) is 0 Å². The van der Waals surface area contributed by atoms with Crippen LogP contribution in [0.15, 0.2) is 23.0 Å². The van der Waals surface area contributed by atoms with Crippen molar-refractivity contribution >= 4 is 16.9 Å². The van der Waals surface area contributed by atoms with E-state index < -0.39 is 5.41 Å². The molecular formula is C13H15N3O3. The van der Waals surface area contributed by atoms with Gasteiger partial charge >= 0.3 is 5.69 Å². The Hall–Kier alpha value is -2.08. The second-order valence-corrected chi connectivity index (χ2v) is 5.08. The lowest BCUT2D eigenvalue weighted by atomic mass is 10.1. The summed E-state index contributed by atoms with van der Waals surface area (Å²) in [4.78, 5) is 28.3. The molecule has 6 heteroatoms. The summed E-state index contributed by atoms with van der Waals surface area (Å²) in [5.74, 6) is -0.0994. The molecule has 0 saturated heterocycles. The van der Waals surface area contributed by atoms with Gasteiger partial charge in [-0.15, -0.1) is 0 Å². The molecule has 19 heavy (non-hydrogen) atoms. The van der Waals surface area contributed by atoms with Gasteiger partial charge in [-0.3, -0.25) is 4.79 Å². The monoisotopic (exact) mass is 261 g/mol. The van der Waals surface area contributed by atoms with E-state index in [0.29, 0.717) is 6.54 Å². The maximum Gasteiger partial charge on any atom is 0.323 e. The zero-order valence-corrected chi connectivity index (χ0v) is 10.3. The van der Waals surface area contributed by atoms with E-state index in [1.54, 1.807) is 6.07 Å². The SMILES string of the molecule is O=C(NCc1ccc2[nH]c(=O)[nH]c2c1)C1(CO)CC1. The lowest BCUT2D eigenvalue weighted by Crippen LogP contribution is -2.33. The Morgan fingerprint density at radius 2 is 2.05 bits per heavy atom. The fourth-order valence-electron chi connectivity index (χ4n) is 2.17. The molecule has 0 radical (unpaired) electrons. The summed E-state index contributed by atoms with van der Waals surface area (Å²) in [6.07, 6.45) is 1.50. The van der Waals surface area contributed by atoms with Gasteiger partial charge in [-0.05, 0) is 30.5 Å². The molecule has 1 heterocycles. The van der Waals surface area contributed by atoms with Crippen molar-refractivity contribution in [3.05, 3.63) is 34.2 Å². The summed E-state index contributed by atoms with van der Waals surface area (Å²) in [5.41, 5.74) is 1.58.